The van der Waals surface area contributed by atoms with Gasteiger partial charge in [-0.15, -0.1) is 12.4 Å². The first-order valence-electron chi connectivity index (χ1n) is 6.37. The summed E-state index contributed by atoms with van der Waals surface area (Å²) in [6, 6.07) is 6.41. The summed E-state index contributed by atoms with van der Waals surface area (Å²) >= 11 is 0. The maximum atomic E-state index is 13.1. The van der Waals surface area contributed by atoms with Crippen molar-refractivity contribution in [1.82, 2.24) is 10.2 Å². The zero-order valence-corrected chi connectivity index (χ0v) is 11.9. The van der Waals surface area contributed by atoms with Gasteiger partial charge in [-0.3, -0.25) is 4.79 Å². The molecule has 5 heteroatoms. The average Bonchev–Trinajstić information content (AvgIpc) is 2.39. The van der Waals surface area contributed by atoms with Gasteiger partial charge in [0.2, 0.25) is 5.91 Å². The van der Waals surface area contributed by atoms with Gasteiger partial charge in [0, 0.05) is 19.5 Å². The highest BCUT2D eigenvalue weighted by atomic mass is 35.5. The predicted molar refractivity (Wildman–Crippen MR) is 75.7 cm³/mol. The van der Waals surface area contributed by atoms with E-state index in [-0.39, 0.29) is 30.0 Å². The fraction of sp³-hybridized carbons (Fsp3) is 0.500. The van der Waals surface area contributed by atoms with Crippen LogP contribution in [0.5, 0.6) is 0 Å². The number of nitrogens with one attached hydrogen (secondary N) is 1. The van der Waals surface area contributed by atoms with Gasteiger partial charge < -0.3 is 10.2 Å². The number of carbonyl (C=O) groups excluding carboxylic acids is 1. The van der Waals surface area contributed by atoms with Gasteiger partial charge in [-0.2, -0.15) is 0 Å². The average molecular weight is 287 g/mol. The van der Waals surface area contributed by atoms with E-state index >= 15 is 0 Å². The Kier molecular flexibility index (Phi) is 6.25. The van der Waals surface area contributed by atoms with Crippen molar-refractivity contribution in [3.05, 3.63) is 35.6 Å². The van der Waals surface area contributed by atoms with Crippen molar-refractivity contribution >= 4 is 18.3 Å². The molecule has 1 saturated heterocycles. The van der Waals surface area contributed by atoms with E-state index in [1.165, 1.54) is 12.1 Å². The van der Waals surface area contributed by atoms with Crippen molar-refractivity contribution in [1.29, 1.82) is 0 Å². The van der Waals surface area contributed by atoms with Gasteiger partial charge in [-0.05, 0) is 43.6 Å². The number of carbonyl (C=O) groups is 1. The number of benzene rings is 1. The molecule has 0 saturated carbocycles. The molecule has 0 aromatic heterocycles. The lowest BCUT2D eigenvalue weighted by Gasteiger charge is -2.27. The van der Waals surface area contributed by atoms with Gasteiger partial charge in [0.1, 0.15) is 5.82 Å². The van der Waals surface area contributed by atoms with E-state index in [2.05, 4.69) is 5.32 Å². The third-order valence-corrected chi connectivity index (χ3v) is 3.37. The van der Waals surface area contributed by atoms with Crippen molar-refractivity contribution in [2.24, 2.45) is 5.92 Å². The zero-order chi connectivity index (χ0) is 13.0. The Morgan fingerprint density at radius 2 is 2.11 bits per heavy atom. The molecule has 19 heavy (non-hydrogen) atoms. The summed E-state index contributed by atoms with van der Waals surface area (Å²) in [5.41, 5.74) is 0.833. The fourth-order valence-electron chi connectivity index (χ4n) is 2.37. The minimum Gasteiger partial charge on any atom is -0.341 e. The summed E-state index contributed by atoms with van der Waals surface area (Å²) in [6.07, 6.45) is 1.79. The number of hydrogen-bond donors (Lipinski definition) is 1. The van der Waals surface area contributed by atoms with Crippen LogP contribution in [0.1, 0.15) is 18.4 Å². The summed E-state index contributed by atoms with van der Waals surface area (Å²) in [5.74, 6) is 0.0285. The van der Waals surface area contributed by atoms with Crippen molar-refractivity contribution in [2.75, 3.05) is 20.1 Å². The third-order valence-electron chi connectivity index (χ3n) is 3.37. The second kappa shape index (κ2) is 7.46. The van der Waals surface area contributed by atoms with Crippen LogP contribution in [0.4, 0.5) is 4.39 Å². The Bertz CT molecular complexity index is 422. The molecule has 1 heterocycles. The van der Waals surface area contributed by atoms with Crippen LogP contribution in [0.15, 0.2) is 24.3 Å². The predicted octanol–water partition coefficient (Wildman–Crippen LogP) is 2.21. The molecule has 0 radical (unpaired) electrons. The first-order valence-corrected chi connectivity index (χ1v) is 6.37. The maximum absolute atomic E-state index is 13.1. The molecule has 0 unspecified atom stereocenters. The lowest BCUT2D eigenvalue weighted by atomic mass is 9.96. The van der Waals surface area contributed by atoms with Crippen molar-refractivity contribution < 1.29 is 9.18 Å². The maximum Gasteiger partial charge on any atom is 0.225 e. The van der Waals surface area contributed by atoms with Crippen LogP contribution in [0.3, 0.4) is 0 Å². The Balaban J connectivity index is 0.00000180. The molecule has 1 fully saturated rings. The quantitative estimate of drug-likeness (QED) is 0.924. The van der Waals surface area contributed by atoms with Crippen LogP contribution in [0, 0.1) is 11.7 Å². The van der Waals surface area contributed by atoms with Gasteiger partial charge in [0.05, 0.1) is 0 Å². The van der Waals surface area contributed by atoms with Gasteiger partial charge in [-0.25, -0.2) is 4.39 Å². The molecule has 106 valence electrons. The number of piperidine rings is 1. The lowest BCUT2D eigenvalue weighted by molar-refractivity contribution is -0.135. The smallest absolute Gasteiger partial charge is 0.225 e. The summed E-state index contributed by atoms with van der Waals surface area (Å²) < 4.78 is 13.1. The van der Waals surface area contributed by atoms with Crippen LogP contribution >= 0.6 is 12.4 Å². The second-order valence-electron chi connectivity index (χ2n) is 4.85. The monoisotopic (exact) mass is 286 g/mol. The minimum absolute atomic E-state index is 0. The molecule has 1 aromatic rings. The molecule has 0 aliphatic carbocycles. The molecule has 1 aliphatic rings. The van der Waals surface area contributed by atoms with E-state index in [9.17, 15) is 9.18 Å². The Morgan fingerprint density at radius 3 is 2.74 bits per heavy atom. The molecule has 0 atom stereocenters. The molecular formula is C14H20ClFN2O. The first kappa shape index (κ1) is 15.9. The molecular weight excluding hydrogens is 267 g/mol. The molecule has 1 aromatic carbocycles. The molecule has 1 aliphatic heterocycles. The van der Waals surface area contributed by atoms with Crippen LogP contribution in [-0.4, -0.2) is 30.9 Å². The molecule has 1 amide bonds. The van der Waals surface area contributed by atoms with Crippen molar-refractivity contribution in [3.8, 4) is 0 Å². The van der Waals surface area contributed by atoms with E-state index in [1.54, 1.807) is 18.0 Å². The van der Waals surface area contributed by atoms with Gasteiger partial charge in [-0.1, -0.05) is 12.1 Å². The Morgan fingerprint density at radius 1 is 1.42 bits per heavy atom. The largest absolute Gasteiger partial charge is 0.341 e. The molecule has 3 nitrogen and oxygen atoms in total. The Hall–Kier alpha value is -1.13. The van der Waals surface area contributed by atoms with E-state index in [0.717, 1.165) is 31.5 Å². The van der Waals surface area contributed by atoms with Crippen LogP contribution in [-0.2, 0) is 11.3 Å². The molecule has 0 bridgehead atoms. The topological polar surface area (TPSA) is 32.3 Å². The van der Waals surface area contributed by atoms with Crippen LogP contribution < -0.4 is 5.32 Å². The molecule has 1 N–H and O–H groups in total. The highest BCUT2D eigenvalue weighted by Gasteiger charge is 2.23. The summed E-state index contributed by atoms with van der Waals surface area (Å²) in [4.78, 5) is 13.9. The molecule has 0 spiro atoms. The first-order chi connectivity index (χ1) is 8.66. The van der Waals surface area contributed by atoms with Crippen molar-refractivity contribution in [3.63, 3.8) is 0 Å². The van der Waals surface area contributed by atoms with Gasteiger partial charge in [0.25, 0.3) is 0 Å². The van der Waals surface area contributed by atoms with Gasteiger partial charge >= 0.3 is 0 Å². The number of rotatable bonds is 3. The standard InChI is InChI=1S/C14H19FN2O.ClH/c1-17(10-11-3-2-4-13(15)9-11)14(18)12-5-7-16-8-6-12;/h2-4,9,12,16H,5-8,10H2,1H3;1H. The number of hydrogen-bond acceptors (Lipinski definition) is 2. The fourth-order valence-corrected chi connectivity index (χ4v) is 2.37. The van der Waals surface area contributed by atoms with Crippen molar-refractivity contribution in [2.45, 2.75) is 19.4 Å². The van der Waals surface area contributed by atoms with E-state index in [4.69, 9.17) is 0 Å². The summed E-state index contributed by atoms with van der Waals surface area (Å²) in [6.45, 7) is 2.29. The van der Waals surface area contributed by atoms with E-state index in [1.807, 2.05) is 6.07 Å². The number of halogens is 2. The number of nitrogens with zero attached hydrogens (tertiary/aromatic N) is 1. The van der Waals surface area contributed by atoms with Crippen LogP contribution in [0.2, 0.25) is 0 Å². The second-order valence-corrected chi connectivity index (χ2v) is 4.85. The van der Waals surface area contributed by atoms with Crippen LogP contribution in [0.25, 0.3) is 0 Å². The lowest BCUT2D eigenvalue weighted by Crippen LogP contribution is -2.38. The summed E-state index contributed by atoms with van der Waals surface area (Å²) in [7, 11) is 1.79. The summed E-state index contributed by atoms with van der Waals surface area (Å²) in [5, 5.41) is 3.25. The normalized spacial score (nSPS) is 15.7. The number of amides is 1. The Labute approximate surface area is 119 Å². The highest BCUT2D eigenvalue weighted by Crippen LogP contribution is 2.16. The van der Waals surface area contributed by atoms with E-state index in [0.29, 0.717) is 6.54 Å². The SMILES string of the molecule is CN(Cc1cccc(F)c1)C(=O)C1CCNCC1.Cl. The minimum atomic E-state index is -0.254. The molecule has 2 rings (SSSR count). The third kappa shape index (κ3) is 4.48. The van der Waals surface area contributed by atoms with Gasteiger partial charge in [0.15, 0.2) is 0 Å². The zero-order valence-electron chi connectivity index (χ0n) is 11.1. The highest BCUT2D eigenvalue weighted by molar-refractivity contribution is 5.85. The van der Waals surface area contributed by atoms with E-state index < -0.39 is 0 Å².